The normalized spacial score (nSPS) is 14.3. The third-order valence-corrected chi connectivity index (χ3v) is 3.31. The predicted octanol–water partition coefficient (Wildman–Crippen LogP) is 2.58. The van der Waals surface area contributed by atoms with E-state index >= 15 is 0 Å². The first-order valence-corrected chi connectivity index (χ1v) is 7.06. The fourth-order valence-electron chi connectivity index (χ4n) is 2.26. The van der Waals surface area contributed by atoms with E-state index < -0.39 is 0 Å². The first kappa shape index (κ1) is 13.3. The van der Waals surface area contributed by atoms with Gasteiger partial charge < -0.3 is 10.1 Å². The smallest absolute Gasteiger partial charge is 0.132 e. The Morgan fingerprint density at radius 2 is 2.11 bits per heavy atom. The summed E-state index contributed by atoms with van der Waals surface area (Å²) >= 11 is 0. The highest BCUT2D eigenvalue weighted by atomic mass is 16.5. The fraction of sp³-hybridized carbons (Fsp3) is 0.714. The highest BCUT2D eigenvalue weighted by Gasteiger charge is 2.14. The number of unbranched alkanes of at least 4 members (excludes halogenated alkanes) is 1. The maximum absolute atomic E-state index is 5.53. The van der Waals surface area contributed by atoms with Crippen LogP contribution in [-0.4, -0.2) is 29.7 Å². The fourth-order valence-corrected chi connectivity index (χ4v) is 2.26. The lowest BCUT2D eigenvalue weighted by Gasteiger charge is -2.17. The summed E-state index contributed by atoms with van der Waals surface area (Å²) in [4.78, 5) is 8.71. The molecule has 0 fully saturated rings. The average molecular weight is 249 g/mol. The molecule has 1 heterocycles. The lowest BCUT2D eigenvalue weighted by Crippen LogP contribution is -2.15. The zero-order valence-corrected chi connectivity index (χ0v) is 11.2. The van der Waals surface area contributed by atoms with Crippen molar-refractivity contribution in [2.45, 2.75) is 45.4 Å². The van der Waals surface area contributed by atoms with Crippen LogP contribution in [0.3, 0.4) is 0 Å². The van der Waals surface area contributed by atoms with Crippen molar-refractivity contribution >= 4 is 5.82 Å². The topological polar surface area (TPSA) is 47.0 Å². The van der Waals surface area contributed by atoms with Crippen LogP contribution >= 0.6 is 0 Å². The van der Waals surface area contributed by atoms with E-state index in [0.717, 1.165) is 44.8 Å². The molecule has 1 aliphatic carbocycles. The molecule has 0 aromatic carbocycles. The summed E-state index contributed by atoms with van der Waals surface area (Å²) in [6.07, 6.45) is 8.71. The van der Waals surface area contributed by atoms with Crippen LogP contribution in [0.5, 0.6) is 0 Å². The molecule has 0 atom stereocenters. The molecule has 1 aromatic heterocycles. The van der Waals surface area contributed by atoms with Gasteiger partial charge in [0.25, 0.3) is 0 Å². The summed E-state index contributed by atoms with van der Waals surface area (Å²) < 4.78 is 5.53. The Bertz CT molecular complexity index is 368. The minimum absolute atomic E-state index is 0.749. The van der Waals surface area contributed by atoms with Crippen molar-refractivity contribution in [3.8, 4) is 0 Å². The van der Waals surface area contributed by atoms with E-state index in [1.807, 2.05) is 0 Å². The van der Waals surface area contributed by atoms with Crippen LogP contribution in [0.4, 0.5) is 5.82 Å². The lowest BCUT2D eigenvalue weighted by atomic mass is 9.96. The Balaban J connectivity index is 1.79. The van der Waals surface area contributed by atoms with Crippen molar-refractivity contribution < 1.29 is 4.74 Å². The molecular formula is C14H23N3O. The second-order valence-electron chi connectivity index (χ2n) is 4.75. The highest BCUT2D eigenvalue weighted by Crippen LogP contribution is 2.23. The maximum atomic E-state index is 5.53. The molecule has 0 radical (unpaired) electrons. The van der Waals surface area contributed by atoms with Gasteiger partial charge in [0.2, 0.25) is 0 Å². The molecule has 100 valence electrons. The van der Waals surface area contributed by atoms with Gasteiger partial charge in [-0.15, -0.1) is 0 Å². The van der Waals surface area contributed by atoms with E-state index in [1.165, 1.54) is 30.5 Å². The number of nitrogens with one attached hydrogen (secondary N) is 1. The van der Waals surface area contributed by atoms with E-state index in [2.05, 4.69) is 22.2 Å². The van der Waals surface area contributed by atoms with Gasteiger partial charge in [-0.3, -0.25) is 0 Å². The number of aryl methyl sites for hydroxylation is 1. The van der Waals surface area contributed by atoms with E-state index in [9.17, 15) is 0 Å². The van der Waals surface area contributed by atoms with Crippen molar-refractivity contribution in [1.29, 1.82) is 0 Å². The number of rotatable bonds is 7. The summed E-state index contributed by atoms with van der Waals surface area (Å²) in [5, 5.41) is 3.37. The minimum atomic E-state index is 0.749. The Morgan fingerprint density at radius 1 is 1.22 bits per heavy atom. The van der Waals surface area contributed by atoms with Gasteiger partial charge in [0.15, 0.2) is 0 Å². The Labute approximate surface area is 109 Å². The third-order valence-electron chi connectivity index (χ3n) is 3.31. The largest absolute Gasteiger partial charge is 0.380 e. The zero-order valence-electron chi connectivity index (χ0n) is 11.2. The van der Waals surface area contributed by atoms with Gasteiger partial charge in [0, 0.05) is 24.4 Å². The molecule has 18 heavy (non-hydrogen) atoms. The first-order valence-electron chi connectivity index (χ1n) is 7.06. The summed E-state index contributed by atoms with van der Waals surface area (Å²) in [5.74, 6) is 1.01. The SMILES string of the molecule is CCCCOCCNc1ncnc2c1CCCC2. The number of anilines is 1. The molecule has 1 aromatic rings. The predicted molar refractivity (Wildman–Crippen MR) is 72.9 cm³/mol. The molecule has 1 N–H and O–H groups in total. The third kappa shape index (κ3) is 3.67. The van der Waals surface area contributed by atoms with Crippen LogP contribution in [0.25, 0.3) is 0 Å². The number of hydrogen-bond acceptors (Lipinski definition) is 4. The molecule has 0 unspecified atom stereocenters. The van der Waals surface area contributed by atoms with Crippen LogP contribution in [0.1, 0.15) is 43.9 Å². The second-order valence-corrected chi connectivity index (χ2v) is 4.75. The molecule has 0 saturated carbocycles. The lowest BCUT2D eigenvalue weighted by molar-refractivity contribution is 0.141. The van der Waals surface area contributed by atoms with Gasteiger partial charge in [0.05, 0.1) is 6.61 Å². The van der Waals surface area contributed by atoms with Crippen molar-refractivity contribution in [2.75, 3.05) is 25.1 Å². The molecule has 4 heteroatoms. The molecule has 4 nitrogen and oxygen atoms in total. The minimum Gasteiger partial charge on any atom is -0.380 e. The molecule has 1 aliphatic rings. The number of hydrogen-bond donors (Lipinski definition) is 1. The maximum Gasteiger partial charge on any atom is 0.132 e. The van der Waals surface area contributed by atoms with Crippen LogP contribution in [0.15, 0.2) is 6.33 Å². The quantitative estimate of drug-likeness (QED) is 0.754. The summed E-state index contributed by atoms with van der Waals surface area (Å²) in [5.41, 5.74) is 2.54. The van der Waals surface area contributed by atoms with Crippen LogP contribution in [0.2, 0.25) is 0 Å². The molecule has 0 amide bonds. The molecular weight excluding hydrogens is 226 g/mol. The average Bonchev–Trinajstić information content (AvgIpc) is 2.43. The van der Waals surface area contributed by atoms with Gasteiger partial charge >= 0.3 is 0 Å². The van der Waals surface area contributed by atoms with Crippen LogP contribution < -0.4 is 5.32 Å². The van der Waals surface area contributed by atoms with E-state index in [4.69, 9.17) is 4.74 Å². The van der Waals surface area contributed by atoms with E-state index in [-0.39, 0.29) is 0 Å². The zero-order chi connectivity index (χ0) is 12.6. The highest BCUT2D eigenvalue weighted by molar-refractivity contribution is 5.46. The summed E-state index contributed by atoms with van der Waals surface area (Å²) in [6.45, 7) is 4.61. The van der Waals surface area contributed by atoms with Crippen molar-refractivity contribution in [1.82, 2.24) is 9.97 Å². The van der Waals surface area contributed by atoms with Crippen molar-refractivity contribution in [2.24, 2.45) is 0 Å². The van der Waals surface area contributed by atoms with E-state index in [1.54, 1.807) is 6.33 Å². The number of nitrogens with zero attached hydrogens (tertiary/aromatic N) is 2. The summed E-state index contributed by atoms with van der Waals surface area (Å²) in [7, 11) is 0. The van der Waals surface area contributed by atoms with E-state index in [0.29, 0.717) is 0 Å². The summed E-state index contributed by atoms with van der Waals surface area (Å²) in [6, 6.07) is 0. The Morgan fingerprint density at radius 3 is 3.00 bits per heavy atom. The molecule has 2 rings (SSSR count). The van der Waals surface area contributed by atoms with Crippen molar-refractivity contribution in [3.63, 3.8) is 0 Å². The first-order chi connectivity index (χ1) is 8.92. The monoisotopic (exact) mass is 249 g/mol. The molecule has 0 aliphatic heterocycles. The van der Waals surface area contributed by atoms with Gasteiger partial charge in [-0.05, 0) is 32.1 Å². The van der Waals surface area contributed by atoms with Gasteiger partial charge in [0.1, 0.15) is 12.1 Å². The van der Waals surface area contributed by atoms with Crippen molar-refractivity contribution in [3.05, 3.63) is 17.6 Å². The van der Waals surface area contributed by atoms with Gasteiger partial charge in [-0.2, -0.15) is 0 Å². The molecule has 0 saturated heterocycles. The van der Waals surface area contributed by atoms with Gasteiger partial charge in [-0.25, -0.2) is 9.97 Å². The Kier molecular flexibility index (Phi) is 5.39. The van der Waals surface area contributed by atoms with Gasteiger partial charge in [-0.1, -0.05) is 13.3 Å². The molecule has 0 bridgehead atoms. The molecule has 0 spiro atoms. The number of fused-ring (bicyclic) bond motifs is 1. The van der Waals surface area contributed by atoms with Crippen LogP contribution in [0, 0.1) is 0 Å². The Hall–Kier alpha value is -1.16. The number of aromatic nitrogens is 2. The standard InChI is InChI=1S/C14H23N3O/c1-2-3-9-18-10-8-15-14-12-6-4-5-7-13(12)16-11-17-14/h11H,2-10H2,1H3,(H,15,16,17). The van der Waals surface area contributed by atoms with Crippen LogP contribution in [-0.2, 0) is 17.6 Å². The number of ether oxygens (including phenoxy) is 1. The second kappa shape index (κ2) is 7.31.